The zero-order valence-corrected chi connectivity index (χ0v) is 13.7. The average Bonchev–Trinajstić information content (AvgIpc) is 2.76. The van der Waals surface area contributed by atoms with Crippen molar-refractivity contribution in [1.82, 2.24) is 9.80 Å². The Bertz CT molecular complexity index is 825. The van der Waals surface area contributed by atoms with Crippen LogP contribution in [0.5, 0.6) is 0 Å². The molecule has 0 aromatic heterocycles. The molecule has 0 aromatic carbocycles. The molecule has 124 valence electrons. The lowest BCUT2D eigenvalue weighted by Gasteiger charge is -2.45. The molecule has 3 fully saturated rings. The lowest BCUT2D eigenvalue weighted by molar-refractivity contribution is -0.141. The van der Waals surface area contributed by atoms with Crippen molar-refractivity contribution >= 4 is 23.6 Å². The average molecular weight is 326 g/mol. The summed E-state index contributed by atoms with van der Waals surface area (Å²) in [6.45, 7) is 4.23. The van der Waals surface area contributed by atoms with Gasteiger partial charge in [0, 0.05) is 13.1 Å². The van der Waals surface area contributed by atoms with Crippen LogP contribution in [0, 0.1) is 22.7 Å². The first kappa shape index (κ1) is 14.1. The summed E-state index contributed by atoms with van der Waals surface area (Å²) in [4.78, 5) is 53.3. The summed E-state index contributed by atoms with van der Waals surface area (Å²) < 4.78 is 0. The highest BCUT2D eigenvalue weighted by molar-refractivity contribution is 6.14. The molecule has 4 atom stereocenters. The molecule has 4 amide bonds. The second-order valence-corrected chi connectivity index (χ2v) is 7.83. The fourth-order valence-corrected chi connectivity index (χ4v) is 5.15. The topological polar surface area (TPSA) is 74.8 Å². The van der Waals surface area contributed by atoms with Crippen molar-refractivity contribution in [2.75, 3.05) is 13.1 Å². The van der Waals surface area contributed by atoms with Gasteiger partial charge in [0.15, 0.2) is 0 Å². The second kappa shape index (κ2) is 3.87. The van der Waals surface area contributed by atoms with Gasteiger partial charge in [-0.1, -0.05) is 23.3 Å². The SMILES string of the molecule is C[C@]12C(=O)N3CCC4=C[C@H]5C(=O)N(CCC1=C[C@@]2(C)C3=O)C(=O)[C@@H]45. The lowest BCUT2D eigenvalue weighted by atomic mass is 9.53. The van der Waals surface area contributed by atoms with Gasteiger partial charge >= 0.3 is 0 Å². The fraction of sp³-hybridized carbons (Fsp3) is 0.556. The highest BCUT2D eigenvalue weighted by Gasteiger charge is 2.70. The van der Waals surface area contributed by atoms with E-state index in [1.807, 2.05) is 26.0 Å². The summed E-state index contributed by atoms with van der Waals surface area (Å²) in [6.07, 6.45) is 4.65. The van der Waals surface area contributed by atoms with Crippen molar-refractivity contribution in [3.05, 3.63) is 23.3 Å². The summed E-state index contributed by atoms with van der Waals surface area (Å²) in [6, 6.07) is 0. The second-order valence-electron chi connectivity index (χ2n) is 7.83. The minimum absolute atomic E-state index is 0.115. The largest absolute Gasteiger partial charge is 0.281 e. The molecule has 5 aliphatic rings. The monoisotopic (exact) mass is 326 g/mol. The van der Waals surface area contributed by atoms with Crippen LogP contribution in [0.15, 0.2) is 23.3 Å². The zero-order valence-electron chi connectivity index (χ0n) is 13.7. The molecule has 4 bridgehead atoms. The molecule has 0 unspecified atom stereocenters. The number of hydrogen-bond donors (Lipinski definition) is 0. The Morgan fingerprint density at radius 3 is 2.42 bits per heavy atom. The van der Waals surface area contributed by atoms with Crippen molar-refractivity contribution < 1.29 is 19.2 Å². The predicted octanol–water partition coefficient (Wildman–Crippen LogP) is 0.643. The van der Waals surface area contributed by atoms with Crippen molar-refractivity contribution in [3.63, 3.8) is 0 Å². The fourth-order valence-electron chi connectivity index (χ4n) is 5.15. The maximum absolute atomic E-state index is 12.9. The van der Waals surface area contributed by atoms with Gasteiger partial charge in [0.05, 0.1) is 22.7 Å². The maximum atomic E-state index is 12.9. The standard InChI is InChI=1S/C18H18N2O4/c1-17-8-10-4-6-19-13(21)11-7-9(12(11)14(19)22)3-5-20(15(17)23)16(24)18(10,17)2/h7-8,11-12H,3-6H2,1-2H3/t11-,12+,17+,18-/m1/s1. The van der Waals surface area contributed by atoms with E-state index < -0.39 is 10.8 Å². The number of imide groups is 2. The summed E-state index contributed by atoms with van der Waals surface area (Å²) in [5.41, 5.74) is 0.155. The third kappa shape index (κ3) is 1.21. The van der Waals surface area contributed by atoms with E-state index >= 15 is 0 Å². The van der Waals surface area contributed by atoms with Crippen LogP contribution in [-0.2, 0) is 19.2 Å². The minimum Gasteiger partial charge on any atom is -0.281 e. The molecule has 3 aliphatic heterocycles. The van der Waals surface area contributed by atoms with Gasteiger partial charge in [-0.25, -0.2) is 0 Å². The number of carbonyl (C=O) groups is 4. The Balaban J connectivity index is 1.59. The molecule has 0 aromatic rings. The predicted molar refractivity (Wildman–Crippen MR) is 82.0 cm³/mol. The van der Waals surface area contributed by atoms with E-state index in [9.17, 15) is 19.2 Å². The van der Waals surface area contributed by atoms with Crippen molar-refractivity contribution in [2.24, 2.45) is 22.7 Å². The van der Waals surface area contributed by atoms with Crippen molar-refractivity contribution in [3.8, 4) is 0 Å². The summed E-state index contributed by atoms with van der Waals surface area (Å²) in [5.74, 6) is -1.20. The number of amides is 4. The van der Waals surface area contributed by atoms with Crippen LogP contribution >= 0.6 is 0 Å². The van der Waals surface area contributed by atoms with Crippen LogP contribution in [0.25, 0.3) is 0 Å². The summed E-state index contributed by atoms with van der Waals surface area (Å²) in [5, 5.41) is 0. The highest BCUT2D eigenvalue weighted by atomic mass is 16.2. The van der Waals surface area contributed by atoms with Gasteiger partial charge in [0.25, 0.3) is 0 Å². The Labute approximate surface area is 139 Å². The molecule has 2 aliphatic carbocycles. The maximum Gasteiger partial charge on any atom is 0.240 e. The number of nitrogens with zero attached hydrogens (tertiary/aromatic N) is 2. The van der Waals surface area contributed by atoms with E-state index in [1.165, 1.54) is 9.80 Å². The Morgan fingerprint density at radius 1 is 0.958 bits per heavy atom. The molecule has 6 nitrogen and oxygen atoms in total. The van der Waals surface area contributed by atoms with E-state index in [0.29, 0.717) is 25.9 Å². The zero-order chi connectivity index (χ0) is 17.0. The van der Waals surface area contributed by atoms with Gasteiger partial charge in [-0.2, -0.15) is 0 Å². The van der Waals surface area contributed by atoms with Gasteiger partial charge in [0.1, 0.15) is 0 Å². The van der Waals surface area contributed by atoms with Crippen molar-refractivity contribution in [2.45, 2.75) is 26.7 Å². The van der Waals surface area contributed by atoms with Crippen LogP contribution in [0.3, 0.4) is 0 Å². The minimum atomic E-state index is -0.828. The first-order valence-corrected chi connectivity index (χ1v) is 8.45. The van der Waals surface area contributed by atoms with Crippen LogP contribution < -0.4 is 0 Å². The number of carbonyl (C=O) groups excluding carboxylic acids is 4. The third-order valence-corrected chi connectivity index (χ3v) is 6.97. The molecular weight excluding hydrogens is 308 g/mol. The number of hydrogen-bond acceptors (Lipinski definition) is 4. The van der Waals surface area contributed by atoms with Crippen LogP contribution in [-0.4, -0.2) is 46.5 Å². The van der Waals surface area contributed by atoms with Crippen molar-refractivity contribution in [1.29, 1.82) is 0 Å². The molecule has 3 heterocycles. The van der Waals surface area contributed by atoms with Gasteiger partial charge in [-0.05, 0) is 26.7 Å². The molecule has 0 spiro atoms. The van der Waals surface area contributed by atoms with E-state index in [1.54, 1.807) is 0 Å². The highest BCUT2D eigenvalue weighted by Crippen LogP contribution is 2.62. The van der Waals surface area contributed by atoms with Gasteiger partial charge in [0.2, 0.25) is 23.6 Å². The Hall–Kier alpha value is -2.24. The smallest absolute Gasteiger partial charge is 0.240 e. The number of fused-ring (bicyclic) bond motifs is 2. The lowest BCUT2D eigenvalue weighted by Crippen LogP contribution is -2.49. The molecule has 0 radical (unpaired) electrons. The van der Waals surface area contributed by atoms with E-state index in [0.717, 1.165) is 11.1 Å². The summed E-state index contributed by atoms with van der Waals surface area (Å²) >= 11 is 0. The van der Waals surface area contributed by atoms with Crippen LogP contribution in [0.4, 0.5) is 0 Å². The molecule has 5 rings (SSSR count). The van der Waals surface area contributed by atoms with E-state index in [-0.39, 0.29) is 35.5 Å². The molecule has 6 heteroatoms. The molecule has 24 heavy (non-hydrogen) atoms. The first-order valence-electron chi connectivity index (χ1n) is 8.45. The molecule has 3 saturated heterocycles. The van der Waals surface area contributed by atoms with E-state index in [2.05, 4.69) is 0 Å². The molecular formula is C18H18N2O4. The first-order chi connectivity index (χ1) is 11.3. The van der Waals surface area contributed by atoms with E-state index in [4.69, 9.17) is 0 Å². The Kier molecular flexibility index (Phi) is 2.28. The normalized spacial score (nSPS) is 42.9. The molecule has 0 N–H and O–H groups in total. The van der Waals surface area contributed by atoms with Crippen LogP contribution in [0.2, 0.25) is 0 Å². The van der Waals surface area contributed by atoms with Gasteiger partial charge in [-0.3, -0.25) is 29.0 Å². The quantitative estimate of drug-likeness (QED) is 0.484. The number of rotatable bonds is 0. The van der Waals surface area contributed by atoms with Crippen LogP contribution in [0.1, 0.15) is 26.7 Å². The third-order valence-electron chi connectivity index (χ3n) is 6.97. The summed E-state index contributed by atoms with van der Waals surface area (Å²) in [7, 11) is 0. The Morgan fingerprint density at radius 2 is 1.67 bits per heavy atom. The molecule has 0 saturated carbocycles. The van der Waals surface area contributed by atoms with Gasteiger partial charge < -0.3 is 0 Å². The van der Waals surface area contributed by atoms with Gasteiger partial charge in [-0.15, -0.1) is 0 Å².